The van der Waals surface area contributed by atoms with E-state index in [0.717, 1.165) is 17.5 Å². The zero-order chi connectivity index (χ0) is 19.5. The summed E-state index contributed by atoms with van der Waals surface area (Å²) in [5, 5.41) is 4.72. The second-order valence-corrected chi connectivity index (χ2v) is 7.57. The van der Waals surface area contributed by atoms with E-state index in [1.807, 2.05) is 42.6 Å². The largest absolute Gasteiger partial charge is 0.361 e. The van der Waals surface area contributed by atoms with Crippen molar-refractivity contribution in [1.82, 2.24) is 15.2 Å². The minimum absolute atomic E-state index is 0.0396. The topological polar surface area (TPSA) is 65.2 Å². The highest BCUT2D eigenvalue weighted by Gasteiger charge is 2.33. The highest BCUT2D eigenvalue weighted by molar-refractivity contribution is 6.31. The average molecular weight is 396 g/mol. The van der Waals surface area contributed by atoms with Gasteiger partial charge in [-0.05, 0) is 29.7 Å². The molecule has 2 amide bonds. The SMILES string of the molecule is O=C(NCc1ccccc1Cl)C1CC(=O)N(CCc2c[nH]c3ccccc23)C1. The van der Waals surface area contributed by atoms with Gasteiger partial charge in [0.1, 0.15) is 0 Å². The Morgan fingerprint density at radius 1 is 1.14 bits per heavy atom. The van der Waals surface area contributed by atoms with Crippen LogP contribution >= 0.6 is 11.6 Å². The number of fused-ring (bicyclic) bond motifs is 1. The van der Waals surface area contributed by atoms with Crippen LogP contribution < -0.4 is 5.32 Å². The third-order valence-electron chi connectivity index (χ3n) is 5.32. The van der Waals surface area contributed by atoms with Crippen molar-refractivity contribution in [2.24, 2.45) is 5.92 Å². The van der Waals surface area contributed by atoms with E-state index >= 15 is 0 Å². The Bertz CT molecular complexity index is 1010. The Hall–Kier alpha value is -2.79. The van der Waals surface area contributed by atoms with E-state index in [2.05, 4.69) is 16.4 Å². The number of benzene rings is 2. The number of aromatic amines is 1. The lowest BCUT2D eigenvalue weighted by Crippen LogP contribution is -2.33. The second kappa shape index (κ2) is 8.07. The molecule has 1 aromatic heterocycles. The highest BCUT2D eigenvalue weighted by Crippen LogP contribution is 2.22. The summed E-state index contributed by atoms with van der Waals surface area (Å²) < 4.78 is 0. The smallest absolute Gasteiger partial charge is 0.225 e. The maximum atomic E-state index is 12.5. The molecule has 0 bridgehead atoms. The van der Waals surface area contributed by atoms with Gasteiger partial charge in [-0.15, -0.1) is 0 Å². The van der Waals surface area contributed by atoms with Gasteiger partial charge in [-0.1, -0.05) is 48.0 Å². The summed E-state index contributed by atoms with van der Waals surface area (Å²) in [7, 11) is 0. The summed E-state index contributed by atoms with van der Waals surface area (Å²) in [6.45, 7) is 1.46. The Morgan fingerprint density at radius 3 is 2.79 bits per heavy atom. The van der Waals surface area contributed by atoms with Crippen LogP contribution in [0.4, 0.5) is 0 Å². The molecule has 5 nitrogen and oxygen atoms in total. The van der Waals surface area contributed by atoms with Crippen LogP contribution in [0.5, 0.6) is 0 Å². The average Bonchev–Trinajstić information content (AvgIpc) is 3.29. The quantitative estimate of drug-likeness (QED) is 0.670. The number of nitrogens with one attached hydrogen (secondary N) is 2. The van der Waals surface area contributed by atoms with E-state index < -0.39 is 0 Å². The number of hydrogen-bond acceptors (Lipinski definition) is 2. The van der Waals surface area contributed by atoms with Crippen molar-refractivity contribution in [2.75, 3.05) is 13.1 Å². The highest BCUT2D eigenvalue weighted by atomic mass is 35.5. The molecule has 3 aromatic rings. The summed E-state index contributed by atoms with van der Waals surface area (Å²) >= 11 is 6.13. The summed E-state index contributed by atoms with van der Waals surface area (Å²) in [6, 6.07) is 15.6. The number of para-hydroxylation sites is 1. The van der Waals surface area contributed by atoms with Gasteiger partial charge in [0.2, 0.25) is 11.8 Å². The van der Waals surface area contributed by atoms with Gasteiger partial charge < -0.3 is 15.2 Å². The number of likely N-dealkylation sites (tertiary alicyclic amines) is 1. The zero-order valence-electron chi connectivity index (χ0n) is 15.5. The fraction of sp³-hybridized carbons (Fsp3) is 0.273. The molecule has 1 fully saturated rings. The third-order valence-corrected chi connectivity index (χ3v) is 5.69. The summed E-state index contributed by atoms with van der Waals surface area (Å²) in [5.41, 5.74) is 3.16. The predicted molar refractivity (Wildman–Crippen MR) is 110 cm³/mol. The van der Waals surface area contributed by atoms with Gasteiger partial charge in [-0.2, -0.15) is 0 Å². The van der Waals surface area contributed by atoms with Crippen molar-refractivity contribution in [3.63, 3.8) is 0 Å². The lowest BCUT2D eigenvalue weighted by Gasteiger charge is -2.16. The fourth-order valence-electron chi connectivity index (χ4n) is 3.73. The van der Waals surface area contributed by atoms with Crippen molar-refractivity contribution < 1.29 is 9.59 Å². The number of carbonyl (C=O) groups is 2. The minimum Gasteiger partial charge on any atom is -0.361 e. The number of rotatable bonds is 6. The van der Waals surface area contributed by atoms with E-state index in [1.54, 1.807) is 11.0 Å². The molecule has 4 rings (SSSR count). The Labute approximate surface area is 168 Å². The first kappa shape index (κ1) is 18.6. The Balaban J connectivity index is 1.32. The van der Waals surface area contributed by atoms with Crippen LogP contribution in [0.15, 0.2) is 54.7 Å². The van der Waals surface area contributed by atoms with Crippen molar-refractivity contribution in [2.45, 2.75) is 19.4 Å². The van der Waals surface area contributed by atoms with Crippen LogP contribution in [0, 0.1) is 5.92 Å². The number of carbonyl (C=O) groups excluding carboxylic acids is 2. The number of nitrogens with zero attached hydrogens (tertiary/aromatic N) is 1. The molecule has 6 heteroatoms. The minimum atomic E-state index is -0.307. The lowest BCUT2D eigenvalue weighted by atomic mass is 10.1. The van der Waals surface area contributed by atoms with Crippen LogP contribution in [0.3, 0.4) is 0 Å². The molecule has 28 heavy (non-hydrogen) atoms. The predicted octanol–water partition coefficient (Wildman–Crippen LogP) is 3.53. The Morgan fingerprint density at radius 2 is 1.93 bits per heavy atom. The van der Waals surface area contributed by atoms with E-state index in [1.165, 1.54) is 10.9 Å². The first-order valence-corrected chi connectivity index (χ1v) is 9.83. The molecule has 1 atom stereocenters. The molecule has 144 valence electrons. The first-order valence-electron chi connectivity index (χ1n) is 9.45. The van der Waals surface area contributed by atoms with Gasteiger partial charge in [0, 0.05) is 48.2 Å². The monoisotopic (exact) mass is 395 g/mol. The lowest BCUT2D eigenvalue weighted by molar-refractivity contribution is -0.129. The standard InChI is InChI=1S/C22H22ClN3O2/c23-19-7-3-1-5-16(19)13-25-22(28)17-11-21(27)26(14-17)10-9-15-12-24-20-8-4-2-6-18(15)20/h1-8,12,17,24H,9-11,13-14H2,(H,25,28). The molecule has 0 aliphatic carbocycles. The fourth-order valence-corrected chi connectivity index (χ4v) is 3.93. The van der Waals surface area contributed by atoms with E-state index in [0.29, 0.717) is 24.7 Å². The molecule has 1 saturated heterocycles. The zero-order valence-corrected chi connectivity index (χ0v) is 16.2. The molecule has 0 saturated carbocycles. The number of hydrogen-bond donors (Lipinski definition) is 2. The summed E-state index contributed by atoms with van der Waals surface area (Å²) in [4.78, 5) is 29.9. The number of halogens is 1. The molecular formula is C22H22ClN3O2. The molecule has 1 unspecified atom stereocenters. The van der Waals surface area contributed by atoms with Crippen molar-refractivity contribution in [1.29, 1.82) is 0 Å². The van der Waals surface area contributed by atoms with Crippen LogP contribution in [-0.4, -0.2) is 34.8 Å². The van der Waals surface area contributed by atoms with Crippen LogP contribution in [-0.2, 0) is 22.6 Å². The Kier molecular flexibility index (Phi) is 5.35. The molecule has 2 N–H and O–H groups in total. The molecule has 0 spiro atoms. The molecule has 2 heterocycles. The summed E-state index contributed by atoms with van der Waals surface area (Å²) in [5.74, 6) is -0.362. The van der Waals surface area contributed by atoms with Gasteiger partial charge in [0.15, 0.2) is 0 Å². The van der Waals surface area contributed by atoms with Crippen LogP contribution in [0.2, 0.25) is 5.02 Å². The van der Waals surface area contributed by atoms with Gasteiger partial charge in [0.25, 0.3) is 0 Å². The van der Waals surface area contributed by atoms with Gasteiger partial charge in [-0.3, -0.25) is 9.59 Å². The van der Waals surface area contributed by atoms with E-state index in [-0.39, 0.29) is 24.2 Å². The van der Waals surface area contributed by atoms with Gasteiger partial charge >= 0.3 is 0 Å². The molecule has 0 radical (unpaired) electrons. The number of amides is 2. The molecule has 2 aromatic carbocycles. The normalized spacial score (nSPS) is 16.7. The number of aromatic nitrogens is 1. The molecule has 1 aliphatic heterocycles. The van der Waals surface area contributed by atoms with Crippen LogP contribution in [0.25, 0.3) is 10.9 Å². The van der Waals surface area contributed by atoms with Gasteiger partial charge in [0.05, 0.1) is 5.92 Å². The van der Waals surface area contributed by atoms with Crippen molar-refractivity contribution >= 4 is 34.3 Å². The van der Waals surface area contributed by atoms with E-state index in [9.17, 15) is 9.59 Å². The first-order chi connectivity index (χ1) is 13.6. The second-order valence-electron chi connectivity index (χ2n) is 7.16. The van der Waals surface area contributed by atoms with Crippen molar-refractivity contribution in [3.8, 4) is 0 Å². The molecule has 1 aliphatic rings. The van der Waals surface area contributed by atoms with Crippen LogP contribution in [0.1, 0.15) is 17.5 Å². The number of H-pyrrole nitrogens is 1. The maximum Gasteiger partial charge on any atom is 0.225 e. The van der Waals surface area contributed by atoms with Crippen molar-refractivity contribution in [3.05, 3.63) is 70.9 Å². The third kappa shape index (κ3) is 3.90. The molecular weight excluding hydrogens is 374 g/mol. The maximum absolute atomic E-state index is 12.5. The van der Waals surface area contributed by atoms with Gasteiger partial charge in [-0.25, -0.2) is 0 Å². The van der Waals surface area contributed by atoms with E-state index in [4.69, 9.17) is 11.6 Å². The summed E-state index contributed by atoms with van der Waals surface area (Å²) in [6.07, 6.45) is 3.03.